The minimum absolute atomic E-state index is 0.108. The third-order valence-electron chi connectivity index (χ3n) is 4.74. The first-order valence-corrected chi connectivity index (χ1v) is 8.61. The van der Waals surface area contributed by atoms with Gasteiger partial charge in [0.05, 0.1) is 6.54 Å². The molecule has 0 spiro atoms. The quantitative estimate of drug-likeness (QED) is 0.812. The van der Waals surface area contributed by atoms with Crippen LogP contribution in [-0.2, 0) is 20.9 Å². The molecule has 144 valence electrons. The number of carbonyl (C=O) groups excluding carboxylic acids is 2. The molecule has 0 aromatic heterocycles. The van der Waals surface area contributed by atoms with Crippen LogP contribution < -0.4 is 0 Å². The number of nitrogens with zero attached hydrogens (tertiary/aromatic N) is 2. The zero-order chi connectivity index (χ0) is 19.9. The maximum Gasteiger partial charge on any atom is 0.451 e. The molecule has 8 heteroatoms. The van der Waals surface area contributed by atoms with Gasteiger partial charge in [0, 0.05) is 17.7 Å². The highest BCUT2D eigenvalue weighted by molar-refractivity contribution is 6.00. The van der Waals surface area contributed by atoms with Crippen LogP contribution in [0.2, 0.25) is 0 Å². The van der Waals surface area contributed by atoms with Crippen molar-refractivity contribution in [1.82, 2.24) is 4.90 Å². The standard InChI is InChI=1S/C20H15F3N2O3/c21-20(22,23)15(26)11-25-10-13-8-4-5-9-14(13)17-16(19(25)27)24-18(28-17)12-6-2-1-3-7-12/h1-9,16-17H,10-11H2. The number of alkyl halides is 3. The second-order valence-electron chi connectivity index (χ2n) is 6.60. The van der Waals surface area contributed by atoms with E-state index in [1.54, 1.807) is 48.5 Å². The summed E-state index contributed by atoms with van der Waals surface area (Å²) in [6.45, 7) is -1.15. The van der Waals surface area contributed by atoms with Crippen molar-refractivity contribution in [2.24, 2.45) is 4.99 Å². The van der Waals surface area contributed by atoms with Gasteiger partial charge in [-0.25, -0.2) is 4.99 Å². The third-order valence-corrected chi connectivity index (χ3v) is 4.74. The molecule has 0 bridgehead atoms. The normalized spacial score (nSPS) is 21.3. The van der Waals surface area contributed by atoms with Gasteiger partial charge in [0.2, 0.25) is 5.90 Å². The van der Waals surface area contributed by atoms with Gasteiger partial charge in [-0.1, -0.05) is 42.5 Å². The molecule has 28 heavy (non-hydrogen) atoms. The molecule has 2 heterocycles. The van der Waals surface area contributed by atoms with Gasteiger partial charge in [-0.15, -0.1) is 0 Å². The Labute approximate surface area is 158 Å². The predicted octanol–water partition coefficient (Wildman–Crippen LogP) is 3.05. The van der Waals surface area contributed by atoms with Crippen molar-refractivity contribution < 1.29 is 27.5 Å². The van der Waals surface area contributed by atoms with E-state index in [-0.39, 0.29) is 12.4 Å². The molecular formula is C20H15F3N2O3. The van der Waals surface area contributed by atoms with Crippen LogP contribution in [0, 0.1) is 0 Å². The topological polar surface area (TPSA) is 59.0 Å². The van der Waals surface area contributed by atoms with Crippen molar-refractivity contribution in [2.75, 3.05) is 6.54 Å². The number of benzene rings is 2. The first-order valence-electron chi connectivity index (χ1n) is 8.61. The summed E-state index contributed by atoms with van der Waals surface area (Å²) in [5, 5.41) is 0. The lowest BCUT2D eigenvalue weighted by molar-refractivity contribution is -0.173. The second-order valence-corrected chi connectivity index (χ2v) is 6.60. The maximum atomic E-state index is 13.0. The van der Waals surface area contributed by atoms with Crippen LogP contribution in [0.4, 0.5) is 13.2 Å². The lowest BCUT2D eigenvalue weighted by Crippen LogP contribution is -2.43. The first-order chi connectivity index (χ1) is 13.3. The molecule has 0 N–H and O–H groups in total. The summed E-state index contributed by atoms with van der Waals surface area (Å²) < 4.78 is 44.2. The summed E-state index contributed by atoms with van der Waals surface area (Å²) in [6, 6.07) is 14.9. The predicted molar refractivity (Wildman–Crippen MR) is 93.5 cm³/mol. The van der Waals surface area contributed by atoms with Crippen molar-refractivity contribution >= 4 is 17.6 Å². The number of ketones is 1. The van der Waals surface area contributed by atoms with Crippen LogP contribution in [0.5, 0.6) is 0 Å². The summed E-state index contributed by atoms with van der Waals surface area (Å²) >= 11 is 0. The number of halogens is 3. The Balaban J connectivity index is 1.72. The van der Waals surface area contributed by atoms with Gasteiger partial charge in [0.1, 0.15) is 0 Å². The molecule has 5 nitrogen and oxygen atoms in total. The van der Waals surface area contributed by atoms with Crippen molar-refractivity contribution in [3.8, 4) is 0 Å². The smallest absolute Gasteiger partial charge is 0.451 e. The van der Waals surface area contributed by atoms with Gasteiger partial charge in [-0.3, -0.25) is 9.59 Å². The SMILES string of the molecule is O=C1C2N=C(c3ccccc3)OC2c2ccccc2CN1CC(=O)C(F)(F)F. The Bertz CT molecular complexity index is 957. The van der Waals surface area contributed by atoms with Crippen LogP contribution in [0.25, 0.3) is 0 Å². The number of hydrogen-bond donors (Lipinski definition) is 0. The van der Waals surface area contributed by atoms with Gasteiger partial charge >= 0.3 is 6.18 Å². The number of fused-ring (bicyclic) bond motifs is 3. The average molecular weight is 388 g/mol. The zero-order valence-electron chi connectivity index (χ0n) is 14.5. The number of rotatable bonds is 3. The molecular weight excluding hydrogens is 373 g/mol. The Morgan fingerprint density at radius 2 is 1.79 bits per heavy atom. The number of Topliss-reactive ketones (excluding diaryl/α,β-unsaturated/α-hetero) is 1. The van der Waals surface area contributed by atoms with E-state index in [4.69, 9.17) is 4.74 Å². The van der Waals surface area contributed by atoms with Gasteiger partial charge in [-0.05, 0) is 17.7 Å². The minimum Gasteiger partial charge on any atom is -0.466 e. The van der Waals surface area contributed by atoms with Crippen molar-refractivity contribution in [1.29, 1.82) is 0 Å². The lowest BCUT2D eigenvalue weighted by atomic mass is 9.99. The van der Waals surface area contributed by atoms with E-state index in [9.17, 15) is 22.8 Å². The molecule has 4 rings (SSSR count). The lowest BCUT2D eigenvalue weighted by Gasteiger charge is -2.22. The highest BCUT2D eigenvalue weighted by atomic mass is 19.4. The monoisotopic (exact) mass is 388 g/mol. The fourth-order valence-electron chi connectivity index (χ4n) is 3.37. The number of carbonyl (C=O) groups is 2. The summed E-state index contributed by atoms with van der Waals surface area (Å²) in [5.74, 6) is -2.38. The second kappa shape index (κ2) is 6.78. The Morgan fingerprint density at radius 1 is 1.11 bits per heavy atom. The van der Waals surface area contributed by atoms with Gasteiger partial charge in [-0.2, -0.15) is 13.2 Å². The van der Waals surface area contributed by atoms with E-state index in [0.717, 1.165) is 4.90 Å². The molecule has 0 radical (unpaired) electrons. The van der Waals surface area contributed by atoms with Crippen LogP contribution in [0.3, 0.4) is 0 Å². The van der Waals surface area contributed by atoms with Crippen molar-refractivity contribution in [3.05, 3.63) is 71.3 Å². The van der Waals surface area contributed by atoms with E-state index in [2.05, 4.69) is 4.99 Å². The molecule has 2 aliphatic heterocycles. The van der Waals surface area contributed by atoms with E-state index in [0.29, 0.717) is 16.7 Å². The maximum absolute atomic E-state index is 13.0. The Morgan fingerprint density at radius 3 is 2.50 bits per heavy atom. The highest BCUT2D eigenvalue weighted by Crippen LogP contribution is 2.37. The average Bonchev–Trinajstić information content (AvgIpc) is 3.08. The zero-order valence-corrected chi connectivity index (χ0v) is 14.5. The van der Waals surface area contributed by atoms with Crippen molar-refractivity contribution in [3.63, 3.8) is 0 Å². The number of amides is 1. The molecule has 0 fully saturated rings. The molecule has 2 aliphatic rings. The summed E-state index contributed by atoms with van der Waals surface area (Å²) in [7, 11) is 0. The molecule has 0 aliphatic carbocycles. The van der Waals surface area contributed by atoms with Gasteiger partial charge in [0.15, 0.2) is 12.1 Å². The fraction of sp³-hybridized carbons (Fsp3) is 0.250. The van der Waals surface area contributed by atoms with Crippen LogP contribution in [0.15, 0.2) is 59.6 Å². The molecule has 0 saturated heterocycles. The molecule has 2 unspecified atom stereocenters. The molecule has 2 aromatic carbocycles. The molecule has 1 amide bonds. The van der Waals surface area contributed by atoms with Gasteiger partial charge in [0.25, 0.3) is 11.7 Å². The molecule has 2 aromatic rings. The number of ether oxygens (including phenoxy) is 1. The third kappa shape index (κ3) is 3.26. The largest absolute Gasteiger partial charge is 0.466 e. The van der Waals surface area contributed by atoms with E-state index >= 15 is 0 Å². The van der Waals surface area contributed by atoms with E-state index < -0.39 is 36.6 Å². The number of aliphatic imine (C=N–C) groups is 1. The van der Waals surface area contributed by atoms with Crippen molar-refractivity contribution in [2.45, 2.75) is 24.9 Å². The van der Waals surface area contributed by atoms with Gasteiger partial charge < -0.3 is 9.64 Å². The number of hydrogen-bond acceptors (Lipinski definition) is 4. The summed E-state index contributed by atoms with van der Waals surface area (Å²) in [5.41, 5.74) is 1.97. The fourth-order valence-corrected chi connectivity index (χ4v) is 3.37. The van der Waals surface area contributed by atoms with Crippen LogP contribution in [-0.4, -0.2) is 41.3 Å². The van der Waals surface area contributed by atoms with Crippen LogP contribution >= 0.6 is 0 Å². The van der Waals surface area contributed by atoms with Crippen LogP contribution in [0.1, 0.15) is 22.8 Å². The first kappa shape index (κ1) is 18.2. The Kier molecular flexibility index (Phi) is 4.41. The van der Waals surface area contributed by atoms with E-state index in [1.807, 2.05) is 6.07 Å². The Hall–Kier alpha value is -3.16. The molecule has 2 atom stereocenters. The van der Waals surface area contributed by atoms with E-state index in [1.165, 1.54) is 0 Å². The summed E-state index contributed by atoms with van der Waals surface area (Å²) in [4.78, 5) is 29.7. The minimum atomic E-state index is -5.00. The summed E-state index contributed by atoms with van der Waals surface area (Å²) in [6.07, 6.45) is -5.75. The molecule has 0 saturated carbocycles. The highest BCUT2D eigenvalue weighted by Gasteiger charge is 2.46.